The number of hydrogen-bond acceptors (Lipinski definition) is 19. The van der Waals surface area contributed by atoms with Crippen LogP contribution in [-0.4, -0.2) is 208 Å². The summed E-state index contributed by atoms with van der Waals surface area (Å²) in [7, 11) is 0. The van der Waals surface area contributed by atoms with E-state index in [1.54, 1.807) is 13.8 Å². The molecular formula is C49H86N16O17. The lowest BCUT2D eigenvalue weighted by Crippen LogP contribution is -2.62. The number of carbonyl (C=O) groups excluding carboxylic acids is 13. The summed E-state index contributed by atoms with van der Waals surface area (Å²) in [5, 5.41) is 54.3. The summed E-state index contributed by atoms with van der Waals surface area (Å²) >= 11 is 0. The molecule has 82 heavy (non-hydrogen) atoms. The number of aliphatic carboxylic acids is 1. The molecule has 0 spiro atoms. The highest BCUT2D eigenvalue weighted by Crippen LogP contribution is 2.21. The maximum atomic E-state index is 14.2. The molecule has 0 radical (unpaired) electrons. The second-order valence-corrected chi connectivity index (χ2v) is 20.3. The minimum absolute atomic E-state index is 0.0241. The van der Waals surface area contributed by atoms with Crippen LogP contribution in [0.3, 0.4) is 0 Å². The average Bonchev–Trinajstić information content (AvgIpc) is 3.96. The van der Waals surface area contributed by atoms with Crippen LogP contribution in [0.25, 0.3) is 0 Å². The van der Waals surface area contributed by atoms with Crippen LogP contribution in [0.1, 0.15) is 112 Å². The van der Waals surface area contributed by atoms with Gasteiger partial charge in [0.25, 0.3) is 0 Å². The van der Waals surface area contributed by atoms with Gasteiger partial charge in [-0.05, 0) is 104 Å². The molecule has 1 rings (SSSR count). The zero-order valence-electron chi connectivity index (χ0n) is 47.2. The van der Waals surface area contributed by atoms with Crippen molar-refractivity contribution in [2.24, 2.45) is 34.6 Å². The number of carboxylic acid groups (broad SMARTS) is 1. The Bertz CT molecular complexity index is 2250. The molecule has 0 aromatic carbocycles. The Labute approximate surface area is 474 Å². The SMILES string of the molecule is CC(C)[C@H](NC(=O)[C@@H]1CCCN1C(=O)[C@@H](NC(=O)[C@H](CCCCN)NC(=O)[C@@H](NC(=O)CNC(=O)[C@H](C)N)[C@@H](C)O)[C@@H](C)O)C(=O)N[C@@H](C)C(=O)N[C@@H](CCCCN)C(=O)N[C@@H](CC(N)=O)C(=O)NCC(=O)N[C@@H](CCC(N)=O)C(=O)O. The van der Waals surface area contributed by atoms with E-state index in [-0.39, 0.29) is 71.0 Å². The summed E-state index contributed by atoms with van der Waals surface area (Å²) < 4.78 is 0. The number of nitrogens with zero attached hydrogens (tertiary/aromatic N) is 1. The van der Waals surface area contributed by atoms with Crippen molar-refractivity contribution in [2.45, 2.75) is 185 Å². The Morgan fingerprint density at radius 1 is 0.524 bits per heavy atom. The first-order valence-electron chi connectivity index (χ1n) is 26.9. The van der Waals surface area contributed by atoms with Crippen molar-refractivity contribution < 1.29 is 82.4 Å². The van der Waals surface area contributed by atoms with E-state index in [0.29, 0.717) is 12.8 Å². The fourth-order valence-corrected chi connectivity index (χ4v) is 8.08. The van der Waals surface area contributed by atoms with Crippen molar-refractivity contribution in [2.75, 3.05) is 32.7 Å². The minimum atomic E-state index is -1.70. The molecule has 33 heteroatoms. The highest BCUT2D eigenvalue weighted by atomic mass is 16.4. The van der Waals surface area contributed by atoms with Gasteiger partial charge in [-0.1, -0.05) is 13.8 Å². The van der Waals surface area contributed by atoms with Gasteiger partial charge in [-0.25, -0.2) is 4.79 Å². The molecule has 13 amide bonds. The number of nitrogens with one attached hydrogen (secondary N) is 10. The molecule has 0 saturated carbocycles. The summed E-state index contributed by atoms with van der Waals surface area (Å²) in [6.07, 6.45) is -3.01. The van der Waals surface area contributed by atoms with Crippen molar-refractivity contribution >= 4 is 82.8 Å². The van der Waals surface area contributed by atoms with Crippen LogP contribution < -0.4 is 81.8 Å². The molecule has 0 bridgehead atoms. The topological polar surface area (TPSA) is 553 Å². The van der Waals surface area contributed by atoms with Crippen LogP contribution in [0.15, 0.2) is 0 Å². The number of aliphatic hydroxyl groups excluding tert-OH is 2. The molecule has 0 unspecified atom stereocenters. The predicted molar refractivity (Wildman–Crippen MR) is 289 cm³/mol. The van der Waals surface area contributed by atoms with E-state index in [9.17, 15) is 82.4 Å². The number of unbranched alkanes of at least 4 members (excludes halogenated alkanes) is 2. The number of amides is 13. The van der Waals surface area contributed by atoms with Crippen molar-refractivity contribution in [3.63, 3.8) is 0 Å². The van der Waals surface area contributed by atoms with Gasteiger partial charge in [0.1, 0.15) is 54.4 Å². The molecule has 12 atom stereocenters. The summed E-state index contributed by atoms with van der Waals surface area (Å²) in [6.45, 7) is 7.17. The second-order valence-electron chi connectivity index (χ2n) is 20.3. The van der Waals surface area contributed by atoms with Gasteiger partial charge in [0.2, 0.25) is 76.8 Å². The molecule has 464 valence electrons. The normalized spacial score (nSPS) is 17.0. The fourth-order valence-electron chi connectivity index (χ4n) is 8.08. The van der Waals surface area contributed by atoms with Gasteiger partial charge in [-0.3, -0.25) is 62.3 Å². The van der Waals surface area contributed by atoms with Crippen LogP contribution in [0, 0.1) is 5.92 Å². The van der Waals surface area contributed by atoms with Gasteiger partial charge >= 0.3 is 5.97 Å². The molecule has 1 fully saturated rings. The van der Waals surface area contributed by atoms with Gasteiger partial charge in [0, 0.05) is 13.0 Å². The van der Waals surface area contributed by atoms with Crippen LogP contribution in [0.5, 0.6) is 0 Å². The van der Waals surface area contributed by atoms with Crippen molar-refractivity contribution in [3.05, 3.63) is 0 Å². The first-order chi connectivity index (χ1) is 38.4. The average molecular weight is 1170 g/mol. The Balaban J connectivity index is 3.23. The highest BCUT2D eigenvalue weighted by molar-refractivity contribution is 5.99. The fraction of sp³-hybridized carbons (Fsp3) is 0.714. The number of likely N-dealkylation sites (tertiary alicyclic amines) is 1. The Morgan fingerprint density at radius 3 is 1.51 bits per heavy atom. The zero-order valence-corrected chi connectivity index (χ0v) is 47.2. The Morgan fingerprint density at radius 2 is 1.02 bits per heavy atom. The third-order valence-corrected chi connectivity index (χ3v) is 12.7. The van der Waals surface area contributed by atoms with E-state index in [1.165, 1.54) is 27.7 Å². The quantitative estimate of drug-likeness (QED) is 0.0255. The summed E-state index contributed by atoms with van der Waals surface area (Å²) in [4.78, 5) is 182. The van der Waals surface area contributed by atoms with E-state index in [2.05, 4.69) is 53.2 Å². The van der Waals surface area contributed by atoms with Gasteiger partial charge < -0.3 is 102 Å². The van der Waals surface area contributed by atoms with Crippen LogP contribution in [0.2, 0.25) is 0 Å². The first kappa shape index (κ1) is 72.4. The van der Waals surface area contributed by atoms with Gasteiger partial charge in [0.15, 0.2) is 0 Å². The van der Waals surface area contributed by atoms with Gasteiger partial charge in [-0.2, -0.15) is 0 Å². The first-order valence-corrected chi connectivity index (χ1v) is 26.9. The molecule has 23 N–H and O–H groups in total. The van der Waals surface area contributed by atoms with Crippen molar-refractivity contribution in [1.82, 2.24) is 58.1 Å². The Hall–Kier alpha value is -7.62. The third-order valence-electron chi connectivity index (χ3n) is 12.7. The molecule has 1 heterocycles. The molecule has 0 aromatic rings. The molecular weight excluding hydrogens is 1080 g/mol. The van der Waals surface area contributed by atoms with Crippen molar-refractivity contribution in [3.8, 4) is 0 Å². The van der Waals surface area contributed by atoms with E-state index in [1.807, 2.05) is 0 Å². The monoisotopic (exact) mass is 1170 g/mol. The maximum absolute atomic E-state index is 14.2. The smallest absolute Gasteiger partial charge is 0.326 e. The van der Waals surface area contributed by atoms with E-state index in [0.717, 1.165) is 4.90 Å². The van der Waals surface area contributed by atoms with Gasteiger partial charge in [0.05, 0.1) is 37.8 Å². The second kappa shape index (κ2) is 36.7. The molecule has 33 nitrogen and oxygen atoms in total. The largest absolute Gasteiger partial charge is 0.480 e. The highest BCUT2D eigenvalue weighted by Gasteiger charge is 2.42. The summed E-state index contributed by atoms with van der Waals surface area (Å²) in [5.74, 6) is -14.1. The number of nitrogens with two attached hydrogens (primary N) is 5. The molecule has 0 aromatic heterocycles. The predicted octanol–water partition coefficient (Wildman–Crippen LogP) is -8.64. The summed E-state index contributed by atoms with van der Waals surface area (Å²) in [5.41, 5.74) is 27.2. The number of carboxylic acids is 1. The van der Waals surface area contributed by atoms with E-state index < -0.39 is 181 Å². The number of carbonyl (C=O) groups is 14. The number of primary amides is 2. The molecule has 1 aliphatic heterocycles. The van der Waals surface area contributed by atoms with Crippen LogP contribution >= 0.6 is 0 Å². The minimum Gasteiger partial charge on any atom is -0.480 e. The van der Waals surface area contributed by atoms with Crippen LogP contribution in [-0.2, 0) is 67.1 Å². The van der Waals surface area contributed by atoms with E-state index >= 15 is 0 Å². The number of hydrogen-bond donors (Lipinski definition) is 18. The van der Waals surface area contributed by atoms with E-state index in [4.69, 9.17) is 28.7 Å². The number of aliphatic hydroxyl groups is 2. The lowest BCUT2D eigenvalue weighted by molar-refractivity contribution is -0.145. The lowest BCUT2D eigenvalue weighted by Gasteiger charge is -2.32. The van der Waals surface area contributed by atoms with Crippen LogP contribution in [0.4, 0.5) is 0 Å². The molecule has 1 aliphatic rings. The summed E-state index contributed by atoms with van der Waals surface area (Å²) in [6, 6.07) is -14.3. The number of rotatable bonds is 38. The molecule has 1 saturated heterocycles. The maximum Gasteiger partial charge on any atom is 0.326 e. The lowest BCUT2D eigenvalue weighted by atomic mass is 10.0. The zero-order chi connectivity index (χ0) is 62.6. The van der Waals surface area contributed by atoms with Gasteiger partial charge in [-0.15, -0.1) is 0 Å². The Kier molecular flexibility index (Phi) is 32.4. The standard InChI is InChI=1S/C49H86N16O17/c1-23(2)37(46(78)57-25(4)41(73)59-28(12-7-9-17-50)43(75)61-31(20-34(54)69)42(74)56-21-35(70)58-30(49(81)82)15-16-33(53)68)63-45(77)32-14-11-19-65(32)48(80)39(27(6)67)64-44(76)29(13-8-10-18-51)60-47(79)38(26(5)66)62-36(71)22-55-40(72)24(3)52/h23-32,37-39,66-67H,7-22,50-52H2,1-6H3,(H2,53,68)(H2,54,69)(H,55,72)(H,56,74)(H,57,78)(H,58,70)(H,59,73)(H,60,79)(H,61,75)(H,62,71)(H,63,77)(H,64,76)(H,81,82)/t24-,25-,26+,27+,28-,29-,30-,31-,32-,37-,38-,39-/m0/s1. The molecule has 0 aliphatic carbocycles. The van der Waals surface area contributed by atoms with Crippen molar-refractivity contribution in [1.29, 1.82) is 0 Å². The third kappa shape index (κ3) is 25.9.